The van der Waals surface area contributed by atoms with E-state index in [1.807, 2.05) is 52.0 Å². The van der Waals surface area contributed by atoms with Crippen LogP contribution in [0.5, 0.6) is 0 Å². The smallest absolute Gasteiger partial charge is 0.379 e. The minimum Gasteiger partial charge on any atom is -0.379 e. The summed E-state index contributed by atoms with van der Waals surface area (Å²) in [6.45, 7) is 13.6. The van der Waals surface area contributed by atoms with Crippen LogP contribution < -0.4 is 0 Å². The number of carbonyl (C=O) groups is 1. The fraction of sp³-hybridized carbons (Fsp3) is 0.321. The Morgan fingerprint density at radius 2 is 1.84 bits per heavy atom. The Bertz CT molecular complexity index is 1450. The molecule has 196 valence electrons. The zero-order chi connectivity index (χ0) is 27.5. The highest BCUT2D eigenvalue weighted by Crippen LogP contribution is 2.39. The first-order valence-electron chi connectivity index (χ1n) is 11.6. The Balaban J connectivity index is 0.000000568. The van der Waals surface area contributed by atoms with Crippen molar-refractivity contribution in [2.45, 2.75) is 51.3 Å². The van der Waals surface area contributed by atoms with E-state index in [1.54, 1.807) is 31.9 Å². The number of benzene rings is 1. The maximum atomic E-state index is 13.2. The lowest BCUT2D eigenvalue weighted by atomic mass is 10.1. The number of rotatable bonds is 5. The molecule has 1 aromatic carbocycles. The topological polar surface area (TPSA) is 57.0 Å². The van der Waals surface area contributed by atoms with Gasteiger partial charge in [0.25, 0.3) is 0 Å². The molecule has 0 amide bonds. The molecule has 0 saturated heterocycles. The average molecular weight is 530 g/mol. The summed E-state index contributed by atoms with van der Waals surface area (Å²) in [4.78, 5) is 21.7. The number of ether oxygens (including phenoxy) is 1. The second-order valence-corrected chi connectivity index (χ2v) is 10.6. The number of alkyl halides is 3. The molecule has 0 aliphatic heterocycles. The fourth-order valence-corrected chi connectivity index (χ4v) is 4.42. The van der Waals surface area contributed by atoms with Crippen molar-refractivity contribution in [3.05, 3.63) is 59.8 Å². The van der Waals surface area contributed by atoms with Gasteiger partial charge < -0.3 is 4.74 Å². The highest BCUT2D eigenvalue weighted by atomic mass is 32.2. The number of thioether (sulfide) groups is 1. The van der Waals surface area contributed by atoms with Gasteiger partial charge in [0, 0.05) is 29.2 Å². The van der Waals surface area contributed by atoms with Crippen LogP contribution >= 0.6 is 11.8 Å². The van der Waals surface area contributed by atoms with E-state index in [1.165, 1.54) is 4.57 Å². The molecule has 4 aromatic rings. The second kappa shape index (κ2) is 11.1. The molecule has 5 nitrogen and oxygen atoms in total. The third-order valence-electron chi connectivity index (χ3n) is 5.69. The van der Waals surface area contributed by atoms with Gasteiger partial charge in [-0.15, -0.1) is 11.8 Å². The summed E-state index contributed by atoms with van der Waals surface area (Å²) in [5.41, 5.74) is 2.76. The van der Waals surface area contributed by atoms with Gasteiger partial charge in [-0.1, -0.05) is 31.7 Å². The third-order valence-corrected chi connectivity index (χ3v) is 6.60. The Kier molecular flexibility index (Phi) is 8.49. The van der Waals surface area contributed by atoms with Crippen molar-refractivity contribution in [2.75, 3.05) is 12.9 Å². The largest absolute Gasteiger partial charge is 0.417 e. The van der Waals surface area contributed by atoms with Crippen LogP contribution in [0.4, 0.5) is 13.2 Å². The summed E-state index contributed by atoms with van der Waals surface area (Å²) in [5, 5.41) is 0.925. The van der Waals surface area contributed by atoms with Crippen molar-refractivity contribution in [2.24, 2.45) is 0 Å². The van der Waals surface area contributed by atoms with E-state index in [-0.39, 0.29) is 11.1 Å². The van der Waals surface area contributed by atoms with Crippen LogP contribution in [0.3, 0.4) is 0 Å². The number of nitrogens with zero attached hydrogens (tertiary/aromatic N) is 3. The van der Waals surface area contributed by atoms with Crippen molar-refractivity contribution < 1.29 is 22.7 Å². The molecule has 9 heteroatoms. The highest BCUT2D eigenvalue weighted by molar-refractivity contribution is 7.99. The third kappa shape index (κ3) is 6.22. The minimum absolute atomic E-state index is 0.0417. The van der Waals surface area contributed by atoms with E-state index in [4.69, 9.17) is 9.72 Å². The Labute approximate surface area is 218 Å². The molecule has 3 aromatic heterocycles. The van der Waals surface area contributed by atoms with Gasteiger partial charge in [-0.25, -0.2) is 4.98 Å². The summed E-state index contributed by atoms with van der Waals surface area (Å²) in [5.74, 6) is 0.766. The van der Waals surface area contributed by atoms with Crippen LogP contribution in [-0.4, -0.2) is 39.4 Å². The molecular formula is C28H30F3N3O2S. The van der Waals surface area contributed by atoms with Gasteiger partial charge in [0.2, 0.25) is 6.41 Å². The van der Waals surface area contributed by atoms with Crippen molar-refractivity contribution in [1.82, 2.24) is 14.5 Å². The van der Waals surface area contributed by atoms with Crippen LogP contribution in [0.1, 0.15) is 44.4 Å². The van der Waals surface area contributed by atoms with E-state index < -0.39 is 11.7 Å². The monoisotopic (exact) mass is 529 g/mol. The molecule has 37 heavy (non-hydrogen) atoms. The SMILES string of the molecule is C=Cc1ccc2cc(SCC)c(-c3c(C)c4ncc(C(F)(F)F)cc4n3C=O)nc2c1.COC(C)(C)C. The lowest BCUT2D eigenvalue weighted by Crippen LogP contribution is -2.15. The number of pyridine rings is 2. The van der Waals surface area contributed by atoms with Crippen LogP contribution in [0.15, 0.2) is 48.0 Å². The number of aromatic nitrogens is 3. The first kappa shape index (κ1) is 28.4. The molecule has 0 aliphatic carbocycles. The van der Waals surface area contributed by atoms with Gasteiger partial charge in [0.1, 0.15) is 5.69 Å². The van der Waals surface area contributed by atoms with Gasteiger partial charge in [0.05, 0.1) is 33.4 Å². The number of halogens is 3. The number of hydrogen-bond donors (Lipinski definition) is 0. The molecule has 0 unspecified atom stereocenters. The number of hydrogen-bond acceptors (Lipinski definition) is 5. The predicted molar refractivity (Wildman–Crippen MR) is 146 cm³/mol. The van der Waals surface area contributed by atoms with Crippen molar-refractivity contribution in [3.63, 3.8) is 0 Å². The van der Waals surface area contributed by atoms with E-state index in [0.29, 0.717) is 34.4 Å². The number of aryl methyl sites for hydroxylation is 1. The Morgan fingerprint density at radius 3 is 2.38 bits per heavy atom. The summed E-state index contributed by atoms with van der Waals surface area (Å²) >= 11 is 1.55. The van der Waals surface area contributed by atoms with Gasteiger partial charge in [-0.3, -0.25) is 14.3 Å². The normalized spacial score (nSPS) is 11.9. The highest BCUT2D eigenvalue weighted by Gasteiger charge is 2.32. The van der Waals surface area contributed by atoms with Crippen molar-refractivity contribution >= 4 is 46.2 Å². The minimum atomic E-state index is -4.56. The molecule has 3 heterocycles. The van der Waals surface area contributed by atoms with Gasteiger partial charge in [-0.05, 0) is 57.2 Å². The van der Waals surface area contributed by atoms with E-state index in [9.17, 15) is 18.0 Å². The quantitative estimate of drug-likeness (QED) is 0.195. The molecule has 0 bridgehead atoms. The van der Waals surface area contributed by atoms with Crippen molar-refractivity contribution in [3.8, 4) is 11.4 Å². The standard InChI is InChI=1S/C23H18F3N3OS.C5H12O/c1-4-14-6-7-15-9-19(31-5-2)21(28-17(15)8-14)22-13(3)20-18(29(22)12-30)10-16(11-27-20)23(24,25)26;1-5(2,3)6-4/h4,6-12H,1,5H2,2-3H3;1-4H3. The lowest BCUT2D eigenvalue weighted by Gasteiger charge is -2.14. The molecule has 4 rings (SSSR count). The first-order valence-corrected chi connectivity index (χ1v) is 12.6. The van der Waals surface area contributed by atoms with Gasteiger partial charge >= 0.3 is 6.18 Å². The summed E-state index contributed by atoms with van der Waals surface area (Å²) in [7, 11) is 1.71. The molecule has 0 radical (unpaired) electrons. The fourth-order valence-electron chi connectivity index (χ4n) is 3.62. The molecule has 0 aliphatic rings. The zero-order valence-electron chi connectivity index (χ0n) is 21.7. The Hall–Kier alpha value is -3.17. The summed E-state index contributed by atoms with van der Waals surface area (Å²) in [6.07, 6.45) is -1.54. The van der Waals surface area contributed by atoms with Crippen LogP contribution in [0.25, 0.3) is 39.4 Å². The van der Waals surface area contributed by atoms with Crippen LogP contribution in [-0.2, 0) is 15.7 Å². The van der Waals surface area contributed by atoms with Crippen LogP contribution in [0.2, 0.25) is 0 Å². The van der Waals surface area contributed by atoms with Gasteiger partial charge in [-0.2, -0.15) is 13.2 Å². The van der Waals surface area contributed by atoms with E-state index in [2.05, 4.69) is 11.6 Å². The lowest BCUT2D eigenvalue weighted by molar-refractivity contribution is -0.137. The molecule has 0 atom stereocenters. The zero-order valence-corrected chi connectivity index (χ0v) is 22.5. The van der Waals surface area contributed by atoms with Crippen molar-refractivity contribution in [1.29, 1.82) is 0 Å². The van der Waals surface area contributed by atoms with E-state index >= 15 is 0 Å². The molecule has 0 fully saturated rings. The molecule has 0 N–H and O–H groups in total. The first-order chi connectivity index (χ1) is 17.3. The Morgan fingerprint density at radius 1 is 1.16 bits per heavy atom. The second-order valence-electron chi connectivity index (χ2n) is 9.28. The summed E-state index contributed by atoms with van der Waals surface area (Å²) in [6, 6.07) is 8.71. The van der Waals surface area contributed by atoms with Crippen LogP contribution in [0, 0.1) is 6.92 Å². The molecule has 0 spiro atoms. The average Bonchev–Trinajstić information content (AvgIpc) is 3.13. The van der Waals surface area contributed by atoms with Gasteiger partial charge in [0.15, 0.2) is 0 Å². The van der Waals surface area contributed by atoms with E-state index in [0.717, 1.165) is 33.9 Å². The summed E-state index contributed by atoms with van der Waals surface area (Å²) < 4.78 is 45.8. The molecular weight excluding hydrogens is 499 g/mol. The maximum absolute atomic E-state index is 13.2. The maximum Gasteiger partial charge on any atom is 0.417 e. The number of methoxy groups -OCH3 is 1. The predicted octanol–water partition coefficient (Wildman–Crippen LogP) is 7.80. The number of fused-ring (bicyclic) bond motifs is 2. The molecule has 0 saturated carbocycles. The number of carbonyl (C=O) groups excluding carboxylic acids is 1.